The molecule has 6 rings (SSSR count). The molecule has 0 radical (unpaired) electrons. The average Bonchev–Trinajstić information content (AvgIpc) is 3.48. The fourth-order valence-corrected chi connectivity index (χ4v) is 3.75. The Morgan fingerprint density at radius 3 is 2.00 bits per heavy atom. The summed E-state index contributed by atoms with van der Waals surface area (Å²) < 4.78 is 16.8. The number of allylic oxidation sites excluding steroid dienone is 1. The predicted molar refractivity (Wildman–Crippen MR) is 107 cm³/mol. The number of Topliss-reactive ketones (excluding diaryl/α,β-unsaturated/α-hetero) is 2. The molecule has 0 saturated heterocycles. The zero-order valence-electron chi connectivity index (χ0n) is 15.0. The molecule has 5 aromatic rings. The van der Waals surface area contributed by atoms with E-state index in [0.717, 1.165) is 10.8 Å². The van der Waals surface area contributed by atoms with Gasteiger partial charge in [0.2, 0.25) is 0 Å². The fraction of sp³-hybridized carbons (Fsp3) is 0. The number of furan rings is 3. The van der Waals surface area contributed by atoms with Gasteiger partial charge in [0.1, 0.15) is 5.76 Å². The van der Waals surface area contributed by atoms with Gasteiger partial charge in [-0.1, -0.05) is 24.3 Å². The molecule has 138 valence electrons. The van der Waals surface area contributed by atoms with E-state index in [0.29, 0.717) is 39.6 Å². The SMILES string of the molecule is O=C1C(=Cc2cc3oc(-c4ccco4)cc3o2)C(=O)c2cc3ccccc3cc21. The van der Waals surface area contributed by atoms with Gasteiger partial charge < -0.3 is 13.3 Å². The quantitative estimate of drug-likeness (QED) is 0.281. The monoisotopic (exact) mass is 380 g/mol. The van der Waals surface area contributed by atoms with Crippen LogP contribution in [0.5, 0.6) is 0 Å². The lowest BCUT2D eigenvalue weighted by Crippen LogP contribution is -1.99. The zero-order valence-corrected chi connectivity index (χ0v) is 15.0. The largest absolute Gasteiger partial charge is 0.461 e. The maximum absolute atomic E-state index is 12.9. The third-order valence-electron chi connectivity index (χ3n) is 5.14. The van der Waals surface area contributed by atoms with Crippen molar-refractivity contribution in [3.05, 3.63) is 89.4 Å². The molecule has 0 amide bonds. The summed E-state index contributed by atoms with van der Waals surface area (Å²) in [5.41, 5.74) is 1.98. The van der Waals surface area contributed by atoms with Crippen molar-refractivity contribution in [2.24, 2.45) is 0 Å². The highest BCUT2D eigenvalue weighted by Crippen LogP contribution is 2.34. The van der Waals surface area contributed by atoms with E-state index in [1.165, 1.54) is 6.08 Å². The summed E-state index contributed by atoms with van der Waals surface area (Å²) in [5, 5.41) is 1.85. The normalized spacial score (nSPS) is 13.6. The van der Waals surface area contributed by atoms with Crippen molar-refractivity contribution in [1.29, 1.82) is 0 Å². The Bertz CT molecular complexity index is 1390. The molecular weight excluding hydrogens is 368 g/mol. The van der Waals surface area contributed by atoms with E-state index in [1.54, 1.807) is 42.7 Å². The number of carbonyl (C=O) groups excluding carboxylic acids is 2. The van der Waals surface area contributed by atoms with Gasteiger partial charge >= 0.3 is 0 Å². The van der Waals surface area contributed by atoms with Crippen LogP contribution in [0.15, 0.2) is 85.8 Å². The lowest BCUT2D eigenvalue weighted by Gasteiger charge is -2.00. The molecule has 0 saturated carbocycles. The number of ketones is 2. The summed E-state index contributed by atoms with van der Waals surface area (Å²) >= 11 is 0. The van der Waals surface area contributed by atoms with Crippen molar-refractivity contribution in [2.45, 2.75) is 0 Å². The minimum atomic E-state index is -0.292. The van der Waals surface area contributed by atoms with E-state index >= 15 is 0 Å². The van der Waals surface area contributed by atoms with Crippen molar-refractivity contribution >= 4 is 39.6 Å². The van der Waals surface area contributed by atoms with Crippen molar-refractivity contribution in [1.82, 2.24) is 0 Å². The molecule has 5 nitrogen and oxygen atoms in total. The van der Waals surface area contributed by atoms with Crippen molar-refractivity contribution < 1.29 is 22.8 Å². The first kappa shape index (κ1) is 15.9. The maximum atomic E-state index is 12.9. The summed E-state index contributed by atoms with van der Waals surface area (Å²) in [6.45, 7) is 0. The molecule has 0 unspecified atom stereocenters. The first-order chi connectivity index (χ1) is 14.2. The van der Waals surface area contributed by atoms with Crippen LogP contribution in [0.2, 0.25) is 0 Å². The summed E-state index contributed by atoms with van der Waals surface area (Å²) in [6, 6.07) is 18.1. The lowest BCUT2D eigenvalue weighted by atomic mass is 10.0. The van der Waals surface area contributed by atoms with Crippen LogP contribution in [0.3, 0.4) is 0 Å². The maximum Gasteiger partial charge on any atom is 0.197 e. The van der Waals surface area contributed by atoms with E-state index in [2.05, 4.69) is 0 Å². The molecule has 5 heteroatoms. The number of hydrogen-bond acceptors (Lipinski definition) is 5. The van der Waals surface area contributed by atoms with Gasteiger partial charge in [-0.2, -0.15) is 0 Å². The number of carbonyl (C=O) groups is 2. The van der Waals surface area contributed by atoms with Crippen LogP contribution in [-0.2, 0) is 0 Å². The van der Waals surface area contributed by atoms with Crippen LogP contribution in [0, 0.1) is 0 Å². The van der Waals surface area contributed by atoms with Crippen LogP contribution < -0.4 is 0 Å². The third kappa shape index (κ3) is 2.34. The minimum absolute atomic E-state index is 0.0953. The number of benzene rings is 2. The third-order valence-corrected chi connectivity index (χ3v) is 5.14. The van der Waals surface area contributed by atoms with Crippen LogP contribution in [0.25, 0.3) is 39.5 Å². The van der Waals surface area contributed by atoms with Gasteiger partial charge in [0.25, 0.3) is 0 Å². The molecule has 1 aliphatic carbocycles. The number of rotatable bonds is 2. The predicted octanol–water partition coefficient (Wildman–Crippen LogP) is 5.90. The zero-order chi connectivity index (χ0) is 19.5. The molecular formula is C24H12O5. The molecule has 0 N–H and O–H groups in total. The van der Waals surface area contributed by atoms with Crippen molar-refractivity contribution in [3.8, 4) is 11.5 Å². The van der Waals surface area contributed by atoms with Gasteiger partial charge in [0.05, 0.1) is 11.8 Å². The van der Waals surface area contributed by atoms with Gasteiger partial charge in [-0.05, 0) is 41.1 Å². The highest BCUT2D eigenvalue weighted by Gasteiger charge is 2.33. The Hall–Kier alpha value is -4.12. The average molecular weight is 380 g/mol. The van der Waals surface area contributed by atoms with E-state index in [9.17, 15) is 9.59 Å². The van der Waals surface area contributed by atoms with Crippen molar-refractivity contribution in [3.63, 3.8) is 0 Å². The Morgan fingerprint density at radius 1 is 0.690 bits per heavy atom. The van der Waals surface area contributed by atoms with Gasteiger partial charge in [-0.3, -0.25) is 9.59 Å². The highest BCUT2D eigenvalue weighted by molar-refractivity contribution is 6.42. The highest BCUT2D eigenvalue weighted by atomic mass is 16.4. The van der Waals surface area contributed by atoms with Crippen molar-refractivity contribution in [2.75, 3.05) is 0 Å². The smallest absolute Gasteiger partial charge is 0.197 e. The molecule has 0 bridgehead atoms. The van der Waals surface area contributed by atoms with Gasteiger partial charge in [0.15, 0.2) is 34.3 Å². The van der Waals surface area contributed by atoms with E-state index < -0.39 is 0 Å². The van der Waals surface area contributed by atoms with Gasteiger partial charge in [-0.15, -0.1) is 0 Å². The molecule has 2 aromatic carbocycles. The molecule has 0 aliphatic heterocycles. The Labute approximate surface area is 163 Å². The first-order valence-electron chi connectivity index (χ1n) is 9.08. The molecule has 1 aliphatic rings. The molecule has 0 fully saturated rings. The van der Waals surface area contributed by atoms with Gasteiger partial charge in [0, 0.05) is 23.3 Å². The van der Waals surface area contributed by atoms with Crippen LogP contribution in [0.1, 0.15) is 26.5 Å². The summed E-state index contributed by atoms with van der Waals surface area (Å²) in [6.07, 6.45) is 3.05. The Morgan fingerprint density at radius 2 is 1.38 bits per heavy atom. The van der Waals surface area contributed by atoms with Crippen LogP contribution in [0.4, 0.5) is 0 Å². The standard InChI is InChI=1S/C24H12O5/c25-23-16-8-13-4-1-2-5-14(13)9-17(16)24(26)18(23)10-15-11-20-22(28-15)12-21(29-20)19-6-3-7-27-19/h1-12H. The second kappa shape index (κ2) is 5.69. The molecule has 3 heterocycles. The van der Waals surface area contributed by atoms with Gasteiger partial charge in [-0.25, -0.2) is 0 Å². The summed E-state index contributed by atoms with van der Waals surface area (Å²) in [7, 11) is 0. The molecule has 3 aromatic heterocycles. The van der Waals surface area contributed by atoms with E-state index in [1.807, 2.05) is 24.3 Å². The molecule has 29 heavy (non-hydrogen) atoms. The Balaban J connectivity index is 1.41. The minimum Gasteiger partial charge on any atom is -0.461 e. The number of fused-ring (bicyclic) bond motifs is 3. The second-order valence-corrected chi connectivity index (χ2v) is 6.93. The van der Waals surface area contributed by atoms with E-state index in [4.69, 9.17) is 13.3 Å². The van der Waals surface area contributed by atoms with Crippen LogP contribution >= 0.6 is 0 Å². The first-order valence-corrected chi connectivity index (χ1v) is 9.08. The van der Waals surface area contributed by atoms with Crippen LogP contribution in [-0.4, -0.2) is 11.6 Å². The second-order valence-electron chi connectivity index (χ2n) is 6.93. The number of hydrogen-bond donors (Lipinski definition) is 0. The topological polar surface area (TPSA) is 73.6 Å². The van der Waals surface area contributed by atoms with E-state index in [-0.39, 0.29) is 17.1 Å². The fourth-order valence-electron chi connectivity index (χ4n) is 3.75. The Kier molecular flexibility index (Phi) is 3.12. The lowest BCUT2D eigenvalue weighted by molar-refractivity contribution is 0.0990. The molecule has 0 spiro atoms. The summed E-state index contributed by atoms with van der Waals surface area (Å²) in [5.74, 6) is 0.953. The molecule has 0 atom stereocenters. The summed E-state index contributed by atoms with van der Waals surface area (Å²) in [4.78, 5) is 25.7.